The van der Waals surface area contributed by atoms with Gasteiger partial charge in [-0.05, 0) is 38.0 Å². The summed E-state index contributed by atoms with van der Waals surface area (Å²) in [6, 6.07) is 4.73. The molecule has 0 unspecified atom stereocenters. The summed E-state index contributed by atoms with van der Waals surface area (Å²) in [6.07, 6.45) is 0. The number of rotatable bonds is 5. The van der Waals surface area contributed by atoms with E-state index in [2.05, 4.69) is 10.4 Å². The molecule has 1 heterocycles. The zero-order chi connectivity index (χ0) is 17.1. The Balaban J connectivity index is 2.01. The van der Waals surface area contributed by atoms with E-state index in [1.807, 2.05) is 0 Å². The van der Waals surface area contributed by atoms with Crippen molar-refractivity contribution in [3.05, 3.63) is 56.6 Å². The Labute approximate surface area is 132 Å². The van der Waals surface area contributed by atoms with Crippen molar-refractivity contribution < 1.29 is 14.1 Å². The molecular formula is C15H17FN4O3. The fourth-order valence-electron chi connectivity index (χ4n) is 2.24. The molecule has 0 spiro atoms. The van der Waals surface area contributed by atoms with E-state index in [0.29, 0.717) is 16.8 Å². The van der Waals surface area contributed by atoms with Crippen molar-refractivity contribution in [2.24, 2.45) is 0 Å². The Bertz CT molecular complexity index is 770. The van der Waals surface area contributed by atoms with Gasteiger partial charge in [0.1, 0.15) is 23.7 Å². The number of halogens is 1. The Morgan fingerprint density at radius 1 is 1.39 bits per heavy atom. The van der Waals surface area contributed by atoms with E-state index in [9.17, 15) is 19.3 Å². The van der Waals surface area contributed by atoms with Gasteiger partial charge in [0.2, 0.25) is 5.91 Å². The van der Waals surface area contributed by atoms with Crippen molar-refractivity contribution in [1.82, 2.24) is 15.1 Å². The minimum atomic E-state index is -0.513. The molecule has 1 aromatic carbocycles. The maximum Gasteiger partial charge on any atom is 0.312 e. The Kier molecular flexibility index (Phi) is 4.73. The van der Waals surface area contributed by atoms with E-state index in [1.165, 1.54) is 17.7 Å². The number of benzene rings is 1. The first-order valence-corrected chi connectivity index (χ1v) is 6.99. The molecule has 0 radical (unpaired) electrons. The van der Waals surface area contributed by atoms with E-state index in [4.69, 9.17) is 0 Å². The minimum absolute atomic E-state index is 0.0848. The van der Waals surface area contributed by atoms with Gasteiger partial charge in [-0.1, -0.05) is 12.1 Å². The smallest absolute Gasteiger partial charge is 0.312 e. The Morgan fingerprint density at radius 2 is 2.09 bits per heavy atom. The Hall–Kier alpha value is -2.77. The highest BCUT2D eigenvalue weighted by Crippen LogP contribution is 2.21. The maximum absolute atomic E-state index is 13.4. The first kappa shape index (κ1) is 16.6. The number of carbonyl (C=O) groups excluding carboxylic acids is 1. The van der Waals surface area contributed by atoms with Crippen LogP contribution in [0.2, 0.25) is 0 Å². The molecule has 8 heteroatoms. The third-order valence-electron chi connectivity index (χ3n) is 3.55. The molecular weight excluding hydrogens is 303 g/mol. The predicted octanol–water partition coefficient (Wildman–Crippen LogP) is 2.17. The number of aryl methyl sites for hydroxylation is 2. The third kappa shape index (κ3) is 3.71. The molecule has 0 saturated carbocycles. The van der Waals surface area contributed by atoms with Crippen LogP contribution < -0.4 is 5.32 Å². The fourth-order valence-corrected chi connectivity index (χ4v) is 2.24. The van der Waals surface area contributed by atoms with Crippen LogP contribution in [0.4, 0.5) is 10.1 Å². The first-order valence-electron chi connectivity index (χ1n) is 6.99. The number of nitrogens with one attached hydrogen (secondary N) is 1. The van der Waals surface area contributed by atoms with Crippen LogP contribution in [0.1, 0.15) is 22.5 Å². The average molecular weight is 320 g/mol. The van der Waals surface area contributed by atoms with Gasteiger partial charge in [0.15, 0.2) is 0 Å². The molecule has 1 N–H and O–H groups in total. The summed E-state index contributed by atoms with van der Waals surface area (Å²) in [5, 5.41) is 17.6. The molecule has 1 amide bonds. The fraction of sp³-hybridized carbons (Fsp3) is 0.333. The molecule has 0 aliphatic heterocycles. The summed E-state index contributed by atoms with van der Waals surface area (Å²) in [4.78, 5) is 22.4. The number of hydrogen-bond donors (Lipinski definition) is 1. The standard InChI is InChI=1S/C15H17FN4O3/c1-9-4-5-12(6-13(9)16)7-17-14(21)8-19-11(3)15(20(22)23)10(2)18-19/h4-6H,7-8H2,1-3H3,(H,17,21). The SMILES string of the molecule is Cc1ccc(CNC(=O)Cn2nc(C)c([N+](=O)[O-])c2C)cc1F. The average Bonchev–Trinajstić information content (AvgIpc) is 2.74. The predicted molar refractivity (Wildman–Crippen MR) is 81.3 cm³/mol. The third-order valence-corrected chi connectivity index (χ3v) is 3.55. The highest BCUT2D eigenvalue weighted by atomic mass is 19.1. The van der Waals surface area contributed by atoms with Gasteiger partial charge in [0.25, 0.3) is 0 Å². The summed E-state index contributed by atoms with van der Waals surface area (Å²) in [5.74, 6) is -0.683. The molecule has 2 aromatic rings. The quantitative estimate of drug-likeness (QED) is 0.675. The number of nitro groups is 1. The number of carbonyl (C=O) groups is 1. The van der Waals surface area contributed by atoms with Gasteiger partial charge in [-0.3, -0.25) is 19.6 Å². The van der Waals surface area contributed by atoms with Crippen LogP contribution in [0.15, 0.2) is 18.2 Å². The van der Waals surface area contributed by atoms with Gasteiger partial charge >= 0.3 is 5.69 Å². The maximum atomic E-state index is 13.4. The second-order valence-electron chi connectivity index (χ2n) is 5.29. The molecule has 2 rings (SSSR count). The lowest BCUT2D eigenvalue weighted by Gasteiger charge is -2.07. The van der Waals surface area contributed by atoms with Crippen molar-refractivity contribution in [3.63, 3.8) is 0 Å². The minimum Gasteiger partial charge on any atom is -0.350 e. The lowest BCUT2D eigenvalue weighted by atomic mass is 10.1. The molecule has 122 valence electrons. The molecule has 0 atom stereocenters. The molecule has 0 saturated heterocycles. The van der Waals surface area contributed by atoms with E-state index < -0.39 is 4.92 Å². The summed E-state index contributed by atoms with van der Waals surface area (Å²) < 4.78 is 14.7. The topological polar surface area (TPSA) is 90.1 Å². The highest BCUT2D eigenvalue weighted by Gasteiger charge is 2.22. The van der Waals surface area contributed by atoms with Crippen LogP contribution in [0.3, 0.4) is 0 Å². The van der Waals surface area contributed by atoms with Crippen LogP contribution in [-0.2, 0) is 17.9 Å². The first-order chi connectivity index (χ1) is 10.8. The van der Waals surface area contributed by atoms with Gasteiger partial charge in [-0.25, -0.2) is 4.39 Å². The summed E-state index contributed by atoms with van der Waals surface area (Å²) >= 11 is 0. The van der Waals surface area contributed by atoms with Crippen molar-refractivity contribution in [3.8, 4) is 0 Å². The molecule has 7 nitrogen and oxygen atoms in total. The number of nitrogens with zero attached hydrogens (tertiary/aromatic N) is 3. The van der Waals surface area contributed by atoms with Gasteiger partial charge in [0, 0.05) is 6.54 Å². The molecule has 0 bridgehead atoms. The van der Waals surface area contributed by atoms with Gasteiger partial charge in [-0.15, -0.1) is 0 Å². The highest BCUT2D eigenvalue weighted by molar-refractivity contribution is 5.75. The molecule has 0 fully saturated rings. The molecule has 0 aliphatic carbocycles. The number of hydrogen-bond acceptors (Lipinski definition) is 4. The summed E-state index contributed by atoms with van der Waals surface area (Å²) in [6.45, 7) is 4.77. The van der Waals surface area contributed by atoms with Gasteiger partial charge in [-0.2, -0.15) is 5.10 Å². The van der Waals surface area contributed by atoms with Crippen LogP contribution in [0.25, 0.3) is 0 Å². The number of aromatic nitrogens is 2. The van der Waals surface area contributed by atoms with Crippen molar-refractivity contribution in [2.75, 3.05) is 0 Å². The second-order valence-corrected chi connectivity index (χ2v) is 5.29. The zero-order valence-corrected chi connectivity index (χ0v) is 13.1. The monoisotopic (exact) mass is 320 g/mol. The molecule has 0 aliphatic rings. The molecule has 1 aromatic heterocycles. The number of amides is 1. The van der Waals surface area contributed by atoms with E-state index >= 15 is 0 Å². The van der Waals surface area contributed by atoms with E-state index in [0.717, 1.165) is 0 Å². The van der Waals surface area contributed by atoms with Crippen molar-refractivity contribution in [2.45, 2.75) is 33.9 Å². The van der Waals surface area contributed by atoms with Gasteiger partial charge in [0.05, 0.1) is 4.92 Å². The van der Waals surface area contributed by atoms with Gasteiger partial charge < -0.3 is 5.32 Å². The second kappa shape index (κ2) is 6.55. The van der Waals surface area contributed by atoms with Crippen LogP contribution in [-0.4, -0.2) is 20.6 Å². The van der Waals surface area contributed by atoms with Crippen LogP contribution in [0, 0.1) is 36.7 Å². The molecule has 23 heavy (non-hydrogen) atoms. The van der Waals surface area contributed by atoms with Crippen molar-refractivity contribution >= 4 is 11.6 Å². The zero-order valence-electron chi connectivity index (χ0n) is 13.1. The van der Waals surface area contributed by atoms with Crippen molar-refractivity contribution in [1.29, 1.82) is 0 Å². The summed E-state index contributed by atoms with van der Waals surface area (Å²) in [7, 11) is 0. The Morgan fingerprint density at radius 3 is 2.65 bits per heavy atom. The van der Waals surface area contributed by atoms with Crippen LogP contribution in [0.5, 0.6) is 0 Å². The largest absolute Gasteiger partial charge is 0.350 e. The van der Waals surface area contributed by atoms with E-state index in [-0.39, 0.29) is 36.2 Å². The lowest BCUT2D eigenvalue weighted by molar-refractivity contribution is -0.386. The van der Waals surface area contributed by atoms with Crippen LogP contribution >= 0.6 is 0 Å². The van der Waals surface area contributed by atoms with E-state index in [1.54, 1.807) is 26.0 Å². The normalized spacial score (nSPS) is 10.6. The lowest BCUT2D eigenvalue weighted by Crippen LogP contribution is -2.28. The summed E-state index contributed by atoms with van der Waals surface area (Å²) in [5.41, 5.74) is 1.68.